The zero-order valence-corrected chi connectivity index (χ0v) is 18.4. The van der Waals surface area contributed by atoms with Crippen LogP contribution >= 0.6 is 23.8 Å². The van der Waals surface area contributed by atoms with Crippen molar-refractivity contribution < 1.29 is 13.9 Å². The molecule has 1 aromatic heterocycles. The highest BCUT2D eigenvalue weighted by molar-refractivity contribution is 7.71. The van der Waals surface area contributed by atoms with Crippen LogP contribution in [-0.2, 0) is 0 Å². The summed E-state index contributed by atoms with van der Waals surface area (Å²) in [6.07, 6.45) is 0. The third-order valence-corrected chi connectivity index (χ3v) is 5.32. The molecule has 0 atom stereocenters. The molecule has 9 heteroatoms. The van der Waals surface area contributed by atoms with Crippen LogP contribution in [0.4, 0.5) is 10.1 Å². The molecule has 1 amide bonds. The van der Waals surface area contributed by atoms with Crippen LogP contribution < -0.4 is 15.6 Å². The van der Waals surface area contributed by atoms with Crippen LogP contribution in [0.1, 0.15) is 17.3 Å². The minimum absolute atomic E-state index is 0.0919. The number of rotatable bonds is 5. The van der Waals surface area contributed by atoms with Crippen LogP contribution in [0, 0.1) is 10.6 Å². The molecule has 6 nitrogen and oxygen atoms in total. The fourth-order valence-corrected chi connectivity index (χ4v) is 3.70. The number of benzene rings is 3. The van der Waals surface area contributed by atoms with E-state index in [9.17, 15) is 14.0 Å². The first-order valence-electron chi connectivity index (χ1n) is 9.66. The van der Waals surface area contributed by atoms with Gasteiger partial charge in [-0.1, -0.05) is 11.6 Å². The molecule has 0 aliphatic rings. The van der Waals surface area contributed by atoms with E-state index in [0.717, 1.165) is 6.07 Å². The van der Waals surface area contributed by atoms with Gasteiger partial charge in [0.1, 0.15) is 11.6 Å². The van der Waals surface area contributed by atoms with E-state index in [4.69, 9.17) is 28.6 Å². The second-order valence-corrected chi connectivity index (χ2v) is 7.63. The molecule has 0 unspecified atom stereocenters. The van der Waals surface area contributed by atoms with Gasteiger partial charge in [0.2, 0.25) is 0 Å². The quantitative estimate of drug-likeness (QED) is 0.379. The first-order valence-corrected chi connectivity index (χ1v) is 10.4. The van der Waals surface area contributed by atoms with Gasteiger partial charge in [-0.2, -0.15) is 0 Å². The largest absolute Gasteiger partial charge is 0.494 e. The average molecular weight is 470 g/mol. The zero-order chi connectivity index (χ0) is 22.8. The maximum absolute atomic E-state index is 13.5. The SMILES string of the molecule is CCOc1ccc(NC(=O)c2ccc3c(=O)n(-c4ccc(F)c(Cl)c4)c(=S)[nH]c3c2)cc1. The van der Waals surface area contributed by atoms with Crippen molar-refractivity contribution in [3.8, 4) is 11.4 Å². The van der Waals surface area contributed by atoms with Crippen molar-refractivity contribution in [1.82, 2.24) is 9.55 Å². The summed E-state index contributed by atoms with van der Waals surface area (Å²) in [6.45, 7) is 2.45. The molecule has 0 spiro atoms. The lowest BCUT2D eigenvalue weighted by Gasteiger charge is -2.10. The summed E-state index contributed by atoms with van der Waals surface area (Å²) in [5.41, 5.74) is 1.28. The highest BCUT2D eigenvalue weighted by Crippen LogP contribution is 2.20. The number of nitrogens with one attached hydrogen (secondary N) is 2. The third kappa shape index (κ3) is 4.28. The van der Waals surface area contributed by atoms with E-state index in [1.165, 1.54) is 22.8 Å². The molecular weight excluding hydrogens is 453 g/mol. The molecule has 0 saturated heterocycles. The number of H-pyrrole nitrogens is 1. The fourth-order valence-electron chi connectivity index (χ4n) is 3.22. The van der Waals surface area contributed by atoms with Gasteiger partial charge in [-0.05, 0) is 79.8 Å². The van der Waals surface area contributed by atoms with Gasteiger partial charge in [0.25, 0.3) is 11.5 Å². The Bertz CT molecular complexity index is 1450. The number of anilines is 1. The predicted molar refractivity (Wildman–Crippen MR) is 125 cm³/mol. The monoisotopic (exact) mass is 469 g/mol. The lowest BCUT2D eigenvalue weighted by atomic mass is 10.1. The molecule has 4 rings (SSSR count). The van der Waals surface area contributed by atoms with E-state index < -0.39 is 11.4 Å². The van der Waals surface area contributed by atoms with Crippen molar-refractivity contribution in [2.24, 2.45) is 0 Å². The van der Waals surface area contributed by atoms with E-state index in [0.29, 0.717) is 40.2 Å². The summed E-state index contributed by atoms with van der Waals surface area (Å²) in [4.78, 5) is 28.7. The lowest BCUT2D eigenvalue weighted by molar-refractivity contribution is 0.102. The molecule has 162 valence electrons. The van der Waals surface area contributed by atoms with Crippen LogP contribution in [0.15, 0.2) is 65.5 Å². The van der Waals surface area contributed by atoms with Gasteiger partial charge in [0.05, 0.1) is 28.2 Å². The van der Waals surface area contributed by atoms with Gasteiger partial charge in [-0.15, -0.1) is 0 Å². The van der Waals surface area contributed by atoms with Crippen LogP contribution in [0.25, 0.3) is 16.6 Å². The summed E-state index contributed by atoms with van der Waals surface area (Å²) >= 11 is 11.2. The van der Waals surface area contributed by atoms with Gasteiger partial charge in [-0.3, -0.25) is 14.2 Å². The average Bonchev–Trinajstić information content (AvgIpc) is 2.77. The lowest BCUT2D eigenvalue weighted by Crippen LogP contribution is -2.21. The number of fused-ring (bicyclic) bond motifs is 1. The number of hydrogen-bond acceptors (Lipinski definition) is 4. The van der Waals surface area contributed by atoms with Crippen LogP contribution in [0.3, 0.4) is 0 Å². The van der Waals surface area contributed by atoms with E-state index in [1.807, 2.05) is 6.92 Å². The van der Waals surface area contributed by atoms with Crippen molar-refractivity contribution in [3.05, 3.63) is 92.2 Å². The van der Waals surface area contributed by atoms with Crippen molar-refractivity contribution in [3.63, 3.8) is 0 Å². The van der Waals surface area contributed by atoms with E-state index >= 15 is 0 Å². The fraction of sp³-hybridized carbons (Fsp3) is 0.0870. The number of ether oxygens (including phenoxy) is 1. The maximum Gasteiger partial charge on any atom is 0.266 e. The number of halogens is 2. The summed E-state index contributed by atoms with van der Waals surface area (Å²) < 4.78 is 20.2. The summed E-state index contributed by atoms with van der Waals surface area (Å²) in [5.74, 6) is -0.227. The van der Waals surface area contributed by atoms with Crippen LogP contribution in [0.5, 0.6) is 5.75 Å². The van der Waals surface area contributed by atoms with Crippen molar-refractivity contribution >= 4 is 46.3 Å². The van der Waals surface area contributed by atoms with Crippen molar-refractivity contribution in [1.29, 1.82) is 0 Å². The van der Waals surface area contributed by atoms with Crippen molar-refractivity contribution in [2.75, 3.05) is 11.9 Å². The zero-order valence-electron chi connectivity index (χ0n) is 16.8. The Balaban J connectivity index is 1.67. The number of aromatic nitrogens is 2. The molecule has 4 aromatic rings. The highest BCUT2D eigenvalue weighted by atomic mass is 35.5. The minimum atomic E-state index is -0.595. The van der Waals surface area contributed by atoms with Crippen molar-refractivity contribution in [2.45, 2.75) is 6.92 Å². The van der Waals surface area contributed by atoms with Gasteiger partial charge in [0.15, 0.2) is 4.77 Å². The molecule has 0 aliphatic carbocycles. The summed E-state index contributed by atoms with van der Waals surface area (Å²) in [7, 11) is 0. The van der Waals surface area contributed by atoms with E-state index in [1.54, 1.807) is 36.4 Å². The maximum atomic E-state index is 13.5. The van der Waals surface area contributed by atoms with Gasteiger partial charge >= 0.3 is 0 Å². The number of carbonyl (C=O) groups excluding carboxylic acids is 1. The molecule has 0 aliphatic heterocycles. The number of hydrogen-bond donors (Lipinski definition) is 2. The first-order chi connectivity index (χ1) is 15.4. The van der Waals surface area contributed by atoms with Gasteiger partial charge in [-0.25, -0.2) is 4.39 Å². The third-order valence-electron chi connectivity index (χ3n) is 4.74. The Morgan fingerprint density at radius 3 is 2.59 bits per heavy atom. The Kier molecular flexibility index (Phi) is 6.07. The molecule has 0 radical (unpaired) electrons. The first kappa shape index (κ1) is 21.7. The Labute approximate surface area is 192 Å². The standard InChI is InChI=1S/C23H17ClFN3O3S/c1-2-31-16-7-4-14(5-8-16)26-21(29)13-3-9-17-20(11-13)27-23(32)28(22(17)30)15-6-10-19(25)18(24)12-15/h3-12H,2H2,1H3,(H,26,29)(H,27,32). The smallest absolute Gasteiger partial charge is 0.266 e. The number of aromatic amines is 1. The molecule has 0 saturated carbocycles. The highest BCUT2D eigenvalue weighted by Gasteiger charge is 2.13. The summed E-state index contributed by atoms with van der Waals surface area (Å²) in [6, 6.07) is 15.6. The van der Waals surface area contributed by atoms with Crippen LogP contribution in [0.2, 0.25) is 5.02 Å². The molecule has 3 aromatic carbocycles. The topological polar surface area (TPSA) is 76.1 Å². The second-order valence-electron chi connectivity index (χ2n) is 6.84. The predicted octanol–water partition coefficient (Wildman–Crippen LogP) is 5.49. The van der Waals surface area contributed by atoms with E-state index in [2.05, 4.69) is 10.3 Å². The number of carbonyl (C=O) groups is 1. The molecule has 2 N–H and O–H groups in total. The Hall–Kier alpha value is -3.49. The number of nitrogens with zero attached hydrogens (tertiary/aromatic N) is 1. The number of amides is 1. The molecule has 32 heavy (non-hydrogen) atoms. The summed E-state index contributed by atoms with van der Waals surface area (Å²) in [5, 5.41) is 3.00. The second kappa shape index (κ2) is 8.94. The Morgan fingerprint density at radius 2 is 1.91 bits per heavy atom. The van der Waals surface area contributed by atoms with E-state index in [-0.39, 0.29) is 15.7 Å². The molecule has 0 fully saturated rings. The van der Waals surface area contributed by atoms with Crippen LogP contribution in [-0.4, -0.2) is 22.1 Å². The molecule has 1 heterocycles. The molecular formula is C23H17ClFN3O3S. The molecule has 0 bridgehead atoms. The van der Waals surface area contributed by atoms with Gasteiger partial charge < -0.3 is 15.0 Å². The Morgan fingerprint density at radius 1 is 1.16 bits per heavy atom. The normalized spacial score (nSPS) is 10.8. The van der Waals surface area contributed by atoms with Gasteiger partial charge in [0, 0.05) is 11.3 Å². The minimum Gasteiger partial charge on any atom is -0.494 e.